The molecule has 0 fully saturated rings. The van der Waals surface area contributed by atoms with Gasteiger partial charge in [0, 0.05) is 0 Å². The van der Waals surface area contributed by atoms with Gasteiger partial charge in [-0.2, -0.15) is 0 Å². The maximum Gasteiger partial charge on any atom is 0.144 e. The predicted octanol–water partition coefficient (Wildman–Crippen LogP) is 4.24. The maximum atomic E-state index is 6.01. The van der Waals surface area contributed by atoms with Crippen LogP contribution in [0.4, 0.5) is 5.69 Å². The fourth-order valence-corrected chi connectivity index (χ4v) is 2.66. The van der Waals surface area contributed by atoms with Crippen LogP contribution in [-0.2, 0) is 0 Å². The largest absolute Gasteiger partial charge is 0.408 e. The topological polar surface area (TPSA) is 12.0 Å². The Morgan fingerprint density at radius 2 is 1.54 bits per heavy atom. The smallest absolute Gasteiger partial charge is 0.144 e. The lowest BCUT2D eigenvalue weighted by Crippen LogP contribution is -2.32. The Kier molecular flexibility index (Phi) is 3.27. The van der Waals surface area contributed by atoms with Crippen LogP contribution < -0.4 is 4.98 Å². The summed E-state index contributed by atoms with van der Waals surface area (Å²) >= 11 is 12.0. The number of rotatable bonds is 2. The van der Waals surface area contributed by atoms with Gasteiger partial charge in [-0.1, -0.05) is 48.9 Å². The summed E-state index contributed by atoms with van der Waals surface area (Å²) in [5.74, 6) is 0. The summed E-state index contributed by atoms with van der Waals surface area (Å²) in [6.07, 6.45) is 0. The molecule has 0 spiro atoms. The third-order valence-corrected chi connectivity index (χ3v) is 3.09. The zero-order valence-electron chi connectivity index (χ0n) is 7.99. The van der Waals surface area contributed by atoms with E-state index in [1.54, 1.807) is 0 Å². The van der Waals surface area contributed by atoms with Crippen LogP contribution in [0, 0.1) is 0 Å². The summed E-state index contributed by atoms with van der Waals surface area (Å²) in [6.45, 7) is 6.60. The van der Waals surface area contributed by atoms with E-state index in [1.807, 2.05) is 18.2 Å². The Bertz CT molecular complexity index is 287. The van der Waals surface area contributed by atoms with Gasteiger partial charge in [-0.3, -0.25) is 0 Å². The predicted molar refractivity (Wildman–Crippen MR) is 63.4 cm³/mol. The first kappa shape index (κ1) is 10.9. The lowest BCUT2D eigenvalue weighted by Gasteiger charge is -2.21. The number of hydrogen-bond donors (Lipinski definition) is 1. The van der Waals surface area contributed by atoms with Crippen molar-refractivity contribution >= 4 is 37.1 Å². The minimum absolute atomic E-state index is 0.690. The third-order valence-electron chi connectivity index (χ3n) is 1.46. The van der Waals surface area contributed by atoms with E-state index in [-0.39, 0.29) is 0 Å². The highest BCUT2D eigenvalue weighted by molar-refractivity contribution is 6.79. The molecule has 1 N–H and O–H groups in total. The van der Waals surface area contributed by atoms with Gasteiger partial charge in [-0.25, -0.2) is 0 Å². The molecule has 1 rings (SSSR count). The van der Waals surface area contributed by atoms with Crippen molar-refractivity contribution in [1.82, 2.24) is 0 Å². The van der Waals surface area contributed by atoms with Crippen LogP contribution in [0.5, 0.6) is 0 Å². The van der Waals surface area contributed by atoms with Crippen LogP contribution in [0.1, 0.15) is 0 Å². The number of hydrogen-bond acceptors (Lipinski definition) is 1. The molecule has 0 unspecified atom stereocenters. The number of benzene rings is 1. The summed E-state index contributed by atoms with van der Waals surface area (Å²) in [5.41, 5.74) is 0.866. The van der Waals surface area contributed by atoms with Gasteiger partial charge in [0.05, 0.1) is 15.7 Å². The molecule has 0 saturated heterocycles. The molecule has 1 aromatic rings. The SMILES string of the molecule is C[Si](C)(C)Nc1c(Cl)cccc1Cl. The monoisotopic (exact) mass is 233 g/mol. The highest BCUT2D eigenvalue weighted by atomic mass is 35.5. The van der Waals surface area contributed by atoms with E-state index in [1.165, 1.54) is 0 Å². The first-order valence-electron chi connectivity index (χ1n) is 4.12. The molecule has 72 valence electrons. The highest BCUT2D eigenvalue weighted by Crippen LogP contribution is 2.31. The van der Waals surface area contributed by atoms with Crippen molar-refractivity contribution in [2.75, 3.05) is 4.98 Å². The van der Waals surface area contributed by atoms with Crippen LogP contribution >= 0.6 is 23.2 Å². The second-order valence-corrected chi connectivity index (χ2v) is 9.54. The van der Waals surface area contributed by atoms with Crippen molar-refractivity contribution in [2.45, 2.75) is 19.6 Å². The van der Waals surface area contributed by atoms with Gasteiger partial charge in [0.2, 0.25) is 0 Å². The molecule has 0 atom stereocenters. The van der Waals surface area contributed by atoms with Gasteiger partial charge in [-0.15, -0.1) is 0 Å². The molecule has 0 aliphatic rings. The van der Waals surface area contributed by atoms with Crippen LogP contribution in [0.25, 0.3) is 0 Å². The first-order chi connectivity index (χ1) is 5.90. The van der Waals surface area contributed by atoms with E-state index >= 15 is 0 Å². The minimum atomic E-state index is -1.38. The van der Waals surface area contributed by atoms with Gasteiger partial charge in [0.25, 0.3) is 0 Å². The number of para-hydroxylation sites is 1. The van der Waals surface area contributed by atoms with Gasteiger partial charge in [-0.05, 0) is 12.1 Å². The average molecular weight is 234 g/mol. The Morgan fingerprint density at radius 3 is 1.92 bits per heavy atom. The lowest BCUT2D eigenvalue weighted by atomic mass is 10.3. The van der Waals surface area contributed by atoms with Crippen LogP contribution in [0.3, 0.4) is 0 Å². The Balaban J connectivity index is 3.00. The van der Waals surface area contributed by atoms with Crippen LogP contribution in [0.15, 0.2) is 18.2 Å². The fourth-order valence-electron chi connectivity index (χ4n) is 0.992. The highest BCUT2D eigenvalue weighted by Gasteiger charge is 2.16. The van der Waals surface area contributed by atoms with Crippen molar-refractivity contribution in [3.05, 3.63) is 28.2 Å². The maximum absolute atomic E-state index is 6.01. The molecular weight excluding hydrogens is 221 g/mol. The van der Waals surface area contributed by atoms with E-state index < -0.39 is 8.24 Å². The van der Waals surface area contributed by atoms with Crippen molar-refractivity contribution in [3.63, 3.8) is 0 Å². The van der Waals surface area contributed by atoms with Gasteiger partial charge in [0.1, 0.15) is 8.24 Å². The fraction of sp³-hybridized carbons (Fsp3) is 0.333. The third kappa shape index (κ3) is 3.22. The van der Waals surface area contributed by atoms with E-state index in [0.717, 1.165) is 5.69 Å². The molecule has 0 amide bonds. The summed E-state index contributed by atoms with van der Waals surface area (Å²) < 4.78 is 0. The van der Waals surface area contributed by atoms with Gasteiger partial charge in [0.15, 0.2) is 0 Å². The number of nitrogens with one attached hydrogen (secondary N) is 1. The zero-order valence-corrected chi connectivity index (χ0v) is 10.5. The second-order valence-electron chi connectivity index (χ2n) is 3.97. The van der Waals surface area contributed by atoms with E-state index in [9.17, 15) is 0 Å². The van der Waals surface area contributed by atoms with E-state index in [4.69, 9.17) is 23.2 Å². The van der Waals surface area contributed by atoms with Crippen molar-refractivity contribution < 1.29 is 0 Å². The standard InChI is InChI=1S/C9H13Cl2NSi/c1-13(2,3)12-9-7(10)5-4-6-8(9)11/h4-6,12H,1-3H3. The van der Waals surface area contributed by atoms with E-state index in [0.29, 0.717) is 10.0 Å². The lowest BCUT2D eigenvalue weighted by molar-refractivity contribution is 1.57. The number of halogens is 2. The Labute approximate surface area is 90.1 Å². The first-order valence-corrected chi connectivity index (χ1v) is 8.38. The molecule has 13 heavy (non-hydrogen) atoms. The molecule has 4 heteroatoms. The molecule has 1 aromatic carbocycles. The summed E-state index contributed by atoms with van der Waals surface area (Å²) in [6, 6.07) is 5.53. The molecule has 0 bridgehead atoms. The summed E-state index contributed by atoms with van der Waals surface area (Å²) in [7, 11) is -1.38. The minimum Gasteiger partial charge on any atom is -0.408 e. The normalized spacial score (nSPS) is 11.5. The molecule has 0 aliphatic heterocycles. The molecule has 0 aromatic heterocycles. The summed E-state index contributed by atoms with van der Waals surface area (Å²) in [4.78, 5) is 3.39. The zero-order chi connectivity index (χ0) is 10.1. The number of anilines is 1. The Hall–Kier alpha value is -0.183. The van der Waals surface area contributed by atoms with Crippen LogP contribution in [0.2, 0.25) is 29.7 Å². The quantitative estimate of drug-likeness (QED) is 0.754. The Morgan fingerprint density at radius 1 is 1.08 bits per heavy atom. The van der Waals surface area contributed by atoms with E-state index in [2.05, 4.69) is 24.6 Å². The average Bonchev–Trinajstić information content (AvgIpc) is 1.95. The van der Waals surface area contributed by atoms with Crippen molar-refractivity contribution in [1.29, 1.82) is 0 Å². The van der Waals surface area contributed by atoms with Gasteiger partial charge >= 0.3 is 0 Å². The van der Waals surface area contributed by atoms with Crippen molar-refractivity contribution in [3.8, 4) is 0 Å². The van der Waals surface area contributed by atoms with Crippen LogP contribution in [-0.4, -0.2) is 8.24 Å². The molecule has 0 saturated carbocycles. The molecular formula is C9H13Cl2NSi. The molecule has 0 heterocycles. The molecule has 0 radical (unpaired) electrons. The second kappa shape index (κ2) is 3.90. The van der Waals surface area contributed by atoms with Crippen molar-refractivity contribution in [2.24, 2.45) is 0 Å². The summed E-state index contributed by atoms with van der Waals surface area (Å²) in [5, 5.41) is 1.38. The molecule has 0 aliphatic carbocycles. The molecule has 1 nitrogen and oxygen atoms in total. The van der Waals surface area contributed by atoms with Gasteiger partial charge < -0.3 is 4.98 Å².